The SMILES string of the molecule is COc1cc2c(cc1-c1cncc(C#N)c1)-c1c(c(C(=O)N3CCOCC3(C)C)nn1-c1cc(Cl)cc(Cl)c1)CO2. The second kappa shape index (κ2) is 10.4. The van der Waals surface area contributed by atoms with Crippen LogP contribution in [0.25, 0.3) is 28.1 Å². The number of hydrogen-bond donors (Lipinski definition) is 0. The molecule has 0 aliphatic carbocycles. The molecule has 4 heterocycles. The summed E-state index contributed by atoms with van der Waals surface area (Å²) in [4.78, 5) is 20.1. The molecular formula is C30H25Cl2N5O4. The van der Waals surface area contributed by atoms with Crippen LogP contribution in [0.3, 0.4) is 0 Å². The van der Waals surface area contributed by atoms with Gasteiger partial charge in [-0.3, -0.25) is 9.78 Å². The lowest BCUT2D eigenvalue weighted by Gasteiger charge is -2.41. The molecule has 0 atom stereocenters. The molecule has 4 aromatic rings. The van der Waals surface area contributed by atoms with Gasteiger partial charge in [0.25, 0.3) is 5.91 Å². The predicted molar refractivity (Wildman–Crippen MR) is 154 cm³/mol. The van der Waals surface area contributed by atoms with E-state index in [1.807, 2.05) is 19.9 Å². The maximum Gasteiger partial charge on any atom is 0.275 e. The molecule has 6 rings (SSSR count). The number of pyridine rings is 1. The summed E-state index contributed by atoms with van der Waals surface area (Å²) >= 11 is 12.8. The van der Waals surface area contributed by atoms with Gasteiger partial charge in [-0.1, -0.05) is 23.2 Å². The lowest BCUT2D eigenvalue weighted by Crippen LogP contribution is -2.55. The zero-order valence-corrected chi connectivity index (χ0v) is 24.1. The van der Waals surface area contributed by atoms with Crippen molar-refractivity contribution in [3.05, 3.63) is 75.7 Å². The quantitative estimate of drug-likeness (QED) is 0.290. The highest BCUT2D eigenvalue weighted by Gasteiger charge is 2.39. The predicted octanol–water partition coefficient (Wildman–Crippen LogP) is 5.93. The first kappa shape index (κ1) is 27.1. The van der Waals surface area contributed by atoms with Gasteiger partial charge in [0.1, 0.15) is 24.2 Å². The topological polar surface area (TPSA) is 103 Å². The van der Waals surface area contributed by atoms with E-state index in [9.17, 15) is 10.1 Å². The van der Waals surface area contributed by atoms with E-state index >= 15 is 0 Å². The summed E-state index contributed by atoms with van der Waals surface area (Å²) in [5.74, 6) is 0.892. The minimum Gasteiger partial charge on any atom is -0.496 e. The highest BCUT2D eigenvalue weighted by atomic mass is 35.5. The third kappa shape index (κ3) is 4.78. The van der Waals surface area contributed by atoms with Crippen LogP contribution < -0.4 is 9.47 Å². The Balaban J connectivity index is 1.60. The summed E-state index contributed by atoms with van der Waals surface area (Å²) in [7, 11) is 1.57. The molecule has 2 aliphatic rings. The molecule has 2 aromatic carbocycles. The second-order valence-electron chi connectivity index (χ2n) is 10.4. The summed E-state index contributed by atoms with van der Waals surface area (Å²) in [6.45, 7) is 5.37. The van der Waals surface area contributed by atoms with Crippen LogP contribution >= 0.6 is 23.2 Å². The fourth-order valence-corrected chi connectivity index (χ4v) is 5.82. The van der Waals surface area contributed by atoms with E-state index in [-0.39, 0.29) is 18.2 Å². The molecule has 41 heavy (non-hydrogen) atoms. The molecule has 1 saturated heterocycles. The standard InChI is InChI=1S/C30H25Cl2N5O4/c1-30(2)16-40-5-4-36(30)29(38)27-24-15-41-26-11-25(39-3)22(18-6-17(12-33)13-34-14-18)10-23(26)28(24)37(35-27)21-8-19(31)7-20(32)9-21/h6-11,13-14H,4-5,15-16H2,1-3H3. The van der Waals surface area contributed by atoms with Gasteiger partial charge in [0.2, 0.25) is 0 Å². The van der Waals surface area contributed by atoms with Crippen molar-refractivity contribution < 1.29 is 19.0 Å². The van der Waals surface area contributed by atoms with Crippen molar-refractivity contribution in [2.45, 2.75) is 26.0 Å². The van der Waals surface area contributed by atoms with Crippen molar-refractivity contribution in [3.63, 3.8) is 0 Å². The first-order valence-electron chi connectivity index (χ1n) is 12.9. The van der Waals surface area contributed by atoms with E-state index in [0.29, 0.717) is 80.5 Å². The van der Waals surface area contributed by atoms with E-state index in [1.165, 1.54) is 6.20 Å². The number of nitriles is 1. The number of rotatable bonds is 4. The number of halogens is 2. The van der Waals surface area contributed by atoms with Crippen molar-refractivity contribution in [2.24, 2.45) is 0 Å². The molecular weight excluding hydrogens is 565 g/mol. The molecule has 208 valence electrons. The molecule has 0 bridgehead atoms. The van der Waals surface area contributed by atoms with Gasteiger partial charge < -0.3 is 19.1 Å². The lowest BCUT2D eigenvalue weighted by molar-refractivity contribution is -0.0374. The highest BCUT2D eigenvalue weighted by Crippen LogP contribution is 2.46. The average molecular weight is 590 g/mol. The zero-order chi connectivity index (χ0) is 28.9. The third-order valence-corrected chi connectivity index (χ3v) is 7.71. The molecule has 0 N–H and O–H groups in total. The average Bonchev–Trinajstić information content (AvgIpc) is 3.35. The number of ether oxygens (including phenoxy) is 3. The maximum atomic E-state index is 14.1. The van der Waals surface area contributed by atoms with Crippen molar-refractivity contribution >= 4 is 29.1 Å². The molecule has 9 nitrogen and oxygen atoms in total. The fourth-order valence-electron chi connectivity index (χ4n) is 5.30. The van der Waals surface area contributed by atoms with Gasteiger partial charge in [0.05, 0.1) is 42.8 Å². The van der Waals surface area contributed by atoms with Crippen LogP contribution in [-0.2, 0) is 11.3 Å². The van der Waals surface area contributed by atoms with Gasteiger partial charge in [-0.05, 0) is 44.2 Å². The zero-order valence-electron chi connectivity index (χ0n) is 22.6. The van der Waals surface area contributed by atoms with Crippen LogP contribution in [0.1, 0.15) is 35.5 Å². The molecule has 11 heteroatoms. The van der Waals surface area contributed by atoms with E-state index in [4.69, 9.17) is 42.5 Å². The molecule has 2 aromatic heterocycles. The Bertz CT molecular complexity index is 1720. The third-order valence-electron chi connectivity index (χ3n) is 7.28. The summed E-state index contributed by atoms with van der Waals surface area (Å²) in [5.41, 5.74) is 4.17. The number of benzene rings is 2. The number of aromatic nitrogens is 3. The number of amides is 1. The number of fused-ring (bicyclic) bond motifs is 3. The van der Waals surface area contributed by atoms with Crippen molar-refractivity contribution in [1.82, 2.24) is 19.7 Å². The van der Waals surface area contributed by atoms with Crippen LogP contribution in [0.15, 0.2) is 48.8 Å². The molecule has 2 aliphatic heterocycles. The Labute approximate surface area is 246 Å². The largest absolute Gasteiger partial charge is 0.496 e. The van der Waals surface area contributed by atoms with E-state index < -0.39 is 5.54 Å². The van der Waals surface area contributed by atoms with Gasteiger partial charge in [0.15, 0.2) is 5.69 Å². The summed E-state index contributed by atoms with van der Waals surface area (Å²) < 4.78 is 19.2. The Morgan fingerprint density at radius 2 is 1.88 bits per heavy atom. The van der Waals surface area contributed by atoms with Crippen LogP contribution in [-0.4, -0.2) is 58.0 Å². The number of methoxy groups -OCH3 is 1. The fraction of sp³-hybridized carbons (Fsp3) is 0.267. The molecule has 0 spiro atoms. The smallest absolute Gasteiger partial charge is 0.275 e. The van der Waals surface area contributed by atoms with Gasteiger partial charge in [0, 0.05) is 57.3 Å². The lowest BCUT2D eigenvalue weighted by atomic mass is 9.95. The van der Waals surface area contributed by atoms with Crippen molar-refractivity contribution in [1.29, 1.82) is 5.26 Å². The number of nitrogens with zero attached hydrogens (tertiary/aromatic N) is 5. The van der Waals surface area contributed by atoms with E-state index in [2.05, 4.69) is 11.1 Å². The molecule has 1 amide bonds. The van der Waals surface area contributed by atoms with E-state index in [1.54, 1.807) is 53.2 Å². The Kier molecular flexibility index (Phi) is 6.86. The summed E-state index contributed by atoms with van der Waals surface area (Å²) in [6, 6.07) is 12.7. The second-order valence-corrected chi connectivity index (χ2v) is 11.3. The number of morpholine rings is 1. The van der Waals surface area contributed by atoms with Crippen LogP contribution in [0.2, 0.25) is 10.0 Å². The minimum atomic E-state index is -0.516. The minimum absolute atomic E-state index is 0.121. The number of carbonyl (C=O) groups excluding carboxylic acids is 1. The van der Waals surface area contributed by atoms with Crippen LogP contribution in [0, 0.1) is 11.3 Å². The maximum absolute atomic E-state index is 14.1. The molecule has 0 radical (unpaired) electrons. The highest BCUT2D eigenvalue weighted by molar-refractivity contribution is 6.34. The first-order valence-corrected chi connectivity index (χ1v) is 13.6. The van der Waals surface area contributed by atoms with Gasteiger partial charge in [-0.25, -0.2) is 4.68 Å². The van der Waals surface area contributed by atoms with Gasteiger partial charge >= 0.3 is 0 Å². The summed E-state index contributed by atoms with van der Waals surface area (Å²) in [5, 5.41) is 15.2. The van der Waals surface area contributed by atoms with Crippen molar-refractivity contribution in [3.8, 4) is 45.6 Å². The number of hydrogen-bond acceptors (Lipinski definition) is 7. The molecule has 0 unspecified atom stereocenters. The first-order chi connectivity index (χ1) is 19.7. The Hall–Kier alpha value is -4.10. The molecule has 1 fully saturated rings. The van der Waals surface area contributed by atoms with Gasteiger partial charge in [-0.2, -0.15) is 10.4 Å². The van der Waals surface area contributed by atoms with E-state index in [0.717, 1.165) is 0 Å². The molecule has 0 saturated carbocycles. The normalized spacial score (nSPS) is 15.4. The Morgan fingerprint density at radius 3 is 2.59 bits per heavy atom. The van der Waals surface area contributed by atoms with Crippen molar-refractivity contribution in [2.75, 3.05) is 26.9 Å². The Morgan fingerprint density at radius 1 is 1.10 bits per heavy atom. The number of carbonyl (C=O) groups is 1. The van der Waals surface area contributed by atoms with Gasteiger partial charge in [-0.15, -0.1) is 0 Å². The van der Waals surface area contributed by atoms with Crippen LogP contribution in [0.5, 0.6) is 11.5 Å². The summed E-state index contributed by atoms with van der Waals surface area (Å²) in [6.07, 6.45) is 3.16. The monoisotopic (exact) mass is 589 g/mol. The van der Waals surface area contributed by atoms with Crippen LogP contribution in [0.4, 0.5) is 0 Å².